The lowest BCUT2D eigenvalue weighted by Gasteiger charge is -2.25. The van der Waals surface area contributed by atoms with Crippen LogP contribution >= 0.6 is 24.0 Å². The molecule has 2 N–H and O–H groups in total. The van der Waals surface area contributed by atoms with Gasteiger partial charge in [0, 0.05) is 19.6 Å². The molecule has 0 aromatic heterocycles. The standard InChI is InChI=1S/C15H32N4.HI/c1-4-19(5-2)13-9-12-17-15(16-3)18-14-10-7-6-8-11-14;/h14H,4-13H2,1-3H3,(H2,16,17,18);1H. The van der Waals surface area contributed by atoms with Gasteiger partial charge in [0.2, 0.25) is 0 Å². The van der Waals surface area contributed by atoms with Gasteiger partial charge in [-0.2, -0.15) is 0 Å². The monoisotopic (exact) mass is 396 g/mol. The average Bonchev–Trinajstić information content (AvgIpc) is 2.47. The van der Waals surface area contributed by atoms with Gasteiger partial charge < -0.3 is 15.5 Å². The fourth-order valence-corrected chi connectivity index (χ4v) is 2.68. The van der Waals surface area contributed by atoms with E-state index in [1.54, 1.807) is 0 Å². The Balaban J connectivity index is 0.00000361. The summed E-state index contributed by atoms with van der Waals surface area (Å²) in [6.45, 7) is 8.90. The highest BCUT2D eigenvalue weighted by molar-refractivity contribution is 14.0. The van der Waals surface area contributed by atoms with Gasteiger partial charge in [-0.05, 0) is 38.9 Å². The summed E-state index contributed by atoms with van der Waals surface area (Å²) in [6, 6.07) is 0.628. The Morgan fingerprint density at radius 1 is 1.15 bits per heavy atom. The predicted octanol–water partition coefficient (Wildman–Crippen LogP) is 2.83. The molecule has 1 fully saturated rings. The molecule has 120 valence electrons. The van der Waals surface area contributed by atoms with Gasteiger partial charge in [0.15, 0.2) is 5.96 Å². The molecule has 0 heterocycles. The number of hydrogen-bond donors (Lipinski definition) is 2. The number of guanidine groups is 1. The van der Waals surface area contributed by atoms with Crippen LogP contribution in [0.3, 0.4) is 0 Å². The molecule has 1 rings (SSSR count). The highest BCUT2D eigenvalue weighted by Gasteiger charge is 2.14. The van der Waals surface area contributed by atoms with Crippen LogP contribution in [-0.4, -0.2) is 50.1 Å². The smallest absolute Gasteiger partial charge is 0.191 e. The number of aliphatic imine (C=N–C) groups is 1. The van der Waals surface area contributed by atoms with Gasteiger partial charge in [-0.3, -0.25) is 4.99 Å². The molecule has 0 saturated heterocycles. The summed E-state index contributed by atoms with van der Waals surface area (Å²) in [6.07, 6.45) is 7.87. The SMILES string of the molecule is CCN(CC)CCCNC(=NC)NC1CCCCC1.I. The molecule has 1 saturated carbocycles. The van der Waals surface area contributed by atoms with Crippen LogP contribution in [0.1, 0.15) is 52.4 Å². The van der Waals surface area contributed by atoms with E-state index in [2.05, 4.69) is 34.4 Å². The van der Waals surface area contributed by atoms with Crippen molar-refractivity contribution in [2.75, 3.05) is 33.2 Å². The van der Waals surface area contributed by atoms with E-state index >= 15 is 0 Å². The van der Waals surface area contributed by atoms with E-state index in [4.69, 9.17) is 0 Å². The second-order valence-corrected chi connectivity index (χ2v) is 5.36. The van der Waals surface area contributed by atoms with Gasteiger partial charge in [0.05, 0.1) is 0 Å². The number of halogens is 1. The van der Waals surface area contributed by atoms with Gasteiger partial charge in [0.1, 0.15) is 0 Å². The molecule has 4 nitrogen and oxygen atoms in total. The van der Waals surface area contributed by atoms with Gasteiger partial charge in [-0.1, -0.05) is 33.1 Å². The maximum Gasteiger partial charge on any atom is 0.191 e. The van der Waals surface area contributed by atoms with Gasteiger partial charge in [0.25, 0.3) is 0 Å². The highest BCUT2D eigenvalue weighted by atomic mass is 127. The van der Waals surface area contributed by atoms with Crippen LogP contribution in [0.5, 0.6) is 0 Å². The van der Waals surface area contributed by atoms with E-state index in [1.807, 2.05) is 7.05 Å². The summed E-state index contributed by atoms with van der Waals surface area (Å²) >= 11 is 0. The van der Waals surface area contributed by atoms with E-state index < -0.39 is 0 Å². The van der Waals surface area contributed by atoms with E-state index in [0.717, 1.165) is 25.6 Å². The molecule has 0 aromatic carbocycles. The zero-order chi connectivity index (χ0) is 13.9. The Bertz CT molecular complexity index is 248. The van der Waals surface area contributed by atoms with Crippen molar-refractivity contribution in [3.05, 3.63) is 0 Å². The molecule has 0 atom stereocenters. The second kappa shape index (κ2) is 12.7. The first kappa shape index (κ1) is 20.0. The first-order valence-corrected chi connectivity index (χ1v) is 7.99. The zero-order valence-corrected chi connectivity index (χ0v) is 15.8. The first-order chi connectivity index (χ1) is 9.30. The Morgan fingerprint density at radius 2 is 1.80 bits per heavy atom. The summed E-state index contributed by atoms with van der Waals surface area (Å²) in [4.78, 5) is 6.78. The molecule has 1 aliphatic rings. The quantitative estimate of drug-likeness (QED) is 0.301. The number of rotatable bonds is 7. The Kier molecular flexibility index (Phi) is 12.7. The van der Waals surface area contributed by atoms with Crippen LogP contribution in [0.4, 0.5) is 0 Å². The molecule has 0 spiro atoms. The largest absolute Gasteiger partial charge is 0.356 e. The van der Waals surface area contributed by atoms with Gasteiger partial charge in [-0.15, -0.1) is 24.0 Å². The highest BCUT2D eigenvalue weighted by Crippen LogP contribution is 2.17. The first-order valence-electron chi connectivity index (χ1n) is 7.99. The van der Waals surface area contributed by atoms with Crippen molar-refractivity contribution in [2.24, 2.45) is 4.99 Å². The van der Waals surface area contributed by atoms with Crippen LogP contribution in [0.2, 0.25) is 0 Å². The lowest BCUT2D eigenvalue weighted by Crippen LogP contribution is -2.44. The van der Waals surface area contributed by atoms with E-state index in [-0.39, 0.29) is 24.0 Å². The molecule has 20 heavy (non-hydrogen) atoms. The third kappa shape index (κ3) is 8.29. The molecule has 0 radical (unpaired) electrons. The van der Waals surface area contributed by atoms with E-state index in [0.29, 0.717) is 6.04 Å². The third-order valence-corrected chi connectivity index (χ3v) is 4.01. The van der Waals surface area contributed by atoms with Crippen molar-refractivity contribution in [2.45, 2.75) is 58.4 Å². The molecule has 0 amide bonds. The lowest BCUT2D eigenvalue weighted by molar-refractivity contribution is 0.300. The minimum atomic E-state index is 0. The lowest BCUT2D eigenvalue weighted by atomic mass is 9.96. The molecular formula is C15H33IN4. The van der Waals surface area contributed by atoms with Gasteiger partial charge in [-0.25, -0.2) is 0 Å². The molecule has 0 aliphatic heterocycles. The average molecular weight is 396 g/mol. The topological polar surface area (TPSA) is 39.7 Å². The minimum absolute atomic E-state index is 0. The van der Waals surface area contributed by atoms with Crippen molar-refractivity contribution in [1.82, 2.24) is 15.5 Å². The third-order valence-electron chi connectivity index (χ3n) is 4.01. The molecule has 0 bridgehead atoms. The Morgan fingerprint density at radius 3 is 2.35 bits per heavy atom. The fourth-order valence-electron chi connectivity index (χ4n) is 2.68. The molecule has 1 aliphatic carbocycles. The van der Waals surface area contributed by atoms with Crippen molar-refractivity contribution < 1.29 is 0 Å². The molecule has 0 aromatic rings. The summed E-state index contributed by atoms with van der Waals surface area (Å²) in [5, 5.41) is 6.98. The fraction of sp³-hybridized carbons (Fsp3) is 0.933. The summed E-state index contributed by atoms with van der Waals surface area (Å²) in [7, 11) is 1.86. The maximum absolute atomic E-state index is 4.32. The van der Waals surface area contributed by atoms with Crippen LogP contribution in [0.25, 0.3) is 0 Å². The molecule has 5 heteroatoms. The Hall–Kier alpha value is -0.0400. The molecular weight excluding hydrogens is 363 g/mol. The predicted molar refractivity (Wildman–Crippen MR) is 99.2 cm³/mol. The van der Waals surface area contributed by atoms with E-state index in [1.165, 1.54) is 45.1 Å². The van der Waals surface area contributed by atoms with Gasteiger partial charge >= 0.3 is 0 Å². The number of nitrogens with one attached hydrogen (secondary N) is 2. The van der Waals surface area contributed by atoms with Crippen molar-refractivity contribution >= 4 is 29.9 Å². The minimum Gasteiger partial charge on any atom is -0.356 e. The van der Waals surface area contributed by atoms with Crippen LogP contribution in [0.15, 0.2) is 4.99 Å². The van der Waals surface area contributed by atoms with E-state index in [9.17, 15) is 0 Å². The second-order valence-electron chi connectivity index (χ2n) is 5.36. The van der Waals surface area contributed by atoms with Crippen molar-refractivity contribution in [3.8, 4) is 0 Å². The molecule has 0 unspecified atom stereocenters. The van der Waals surface area contributed by atoms with Crippen LogP contribution in [-0.2, 0) is 0 Å². The zero-order valence-electron chi connectivity index (χ0n) is 13.5. The summed E-state index contributed by atoms with van der Waals surface area (Å²) in [5.74, 6) is 0.978. The summed E-state index contributed by atoms with van der Waals surface area (Å²) < 4.78 is 0. The Labute approximate surface area is 142 Å². The van der Waals surface area contributed by atoms with Crippen LogP contribution in [0, 0.1) is 0 Å². The normalized spacial score (nSPS) is 16.9. The van der Waals surface area contributed by atoms with Crippen molar-refractivity contribution in [3.63, 3.8) is 0 Å². The summed E-state index contributed by atoms with van der Waals surface area (Å²) in [5.41, 5.74) is 0. The maximum atomic E-state index is 4.32. The van der Waals surface area contributed by atoms with Crippen LogP contribution < -0.4 is 10.6 Å². The number of nitrogens with zero attached hydrogens (tertiary/aromatic N) is 2. The number of hydrogen-bond acceptors (Lipinski definition) is 2. The van der Waals surface area contributed by atoms with Crippen molar-refractivity contribution in [1.29, 1.82) is 0 Å².